The van der Waals surface area contributed by atoms with Crippen molar-refractivity contribution in [1.82, 2.24) is 25.4 Å². The monoisotopic (exact) mass is 962 g/mol. The highest BCUT2D eigenvalue weighted by Gasteiger charge is 2.37. The predicted molar refractivity (Wildman–Crippen MR) is 270 cm³/mol. The van der Waals surface area contributed by atoms with Crippen LogP contribution in [-0.4, -0.2) is 94.6 Å². The first-order chi connectivity index (χ1) is 34.6. The number of benzene rings is 5. The molecular formula is C56H62N6O9. The van der Waals surface area contributed by atoms with Gasteiger partial charge in [0, 0.05) is 42.8 Å². The second kappa shape index (κ2) is 23.1. The van der Waals surface area contributed by atoms with Crippen LogP contribution in [0.4, 0.5) is 15.3 Å². The minimum Gasteiger partial charge on any atom is -0.506 e. The Hall–Kier alpha value is -7.20. The molecule has 0 spiro atoms. The van der Waals surface area contributed by atoms with E-state index in [0.717, 1.165) is 86.8 Å². The van der Waals surface area contributed by atoms with E-state index in [1.165, 1.54) is 12.1 Å². The third-order valence-electron chi connectivity index (χ3n) is 14.0. The Morgan fingerprint density at radius 1 is 0.803 bits per heavy atom. The van der Waals surface area contributed by atoms with Crippen LogP contribution in [0.2, 0.25) is 0 Å². The fraction of sp³-hybridized carbons (Fsp3) is 0.357. The normalized spacial score (nSPS) is 18.5. The largest absolute Gasteiger partial charge is 0.506 e. The first kappa shape index (κ1) is 48.8. The molecule has 1 saturated carbocycles. The molecule has 370 valence electrons. The molecule has 6 N–H and O–H groups in total. The number of H-pyrrole nitrogens is 1. The number of piperidine rings is 3. The van der Waals surface area contributed by atoms with E-state index in [1.54, 1.807) is 29.2 Å². The molecule has 4 heterocycles. The lowest BCUT2D eigenvalue weighted by atomic mass is 9.86. The lowest BCUT2D eigenvalue weighted by Gasteiger charge is -2.43. The number of hydrogen-bond acceptors (Lipinski definition) is 11. The Kier molecular flexibility index (Phi) is 15.9. The van der Waals surface area contributed by atoms with E-state index in [9.17, 15) is 29.4 Å². The molecule has 71 heavy (non-hydrogen) atoms. The van der Waals surface area contributed by atoms with Gasteiger partial charge in [-0.1, -0.05) is 92.1 Å². The zero-order valence-electron chi connectivity index (χ0n) is 39.8. The summed E-state index contributed by atoms with van der Waals surface area (Å²) in [5, 5.41) is 31.1. The number of amides is 3. The first-order valence-electron chi connectivity index (χ1n) is 24.8. The standard InChI is InChI=1S/C56H62N6O9/c63-48-24-22-46(47-23-25-51(65)59-53(47)48)49(64)34-57-33-37-16-20-43(21-17-37)58-55(67)62(44-11-5-2-6-12-44)30-31-69-54(66)41-18-14-38(15-19-41)36-70-45-13-7-10-42(32-45)52(40-8-3-1-4-9-40)60-56(68)71-50-35-61-28-26-39(50)27-29-61/h1,3-4,7-10,13-25,32,39,44,49-50,52,57,63-64H,2,5-6,11-12,26-31,33-36H2,(H,58,67)(H,59,65)(H,60,68)/t49?,50?,52-/m0/s1. The Balaban J connectivity index is 0.743. The summed E-state index contributed by atoms with van der Waals surface area (Å²) in [5.41, 5.74) is 5.12. The summed E-state index contributed by atoms with van der Waals surface area (Å²) in [6.45, 7) is 4.14. The van der Waals surface area contributed by atoms with E-state index in [2.05, 4.69) is 25.8 Å². The summed E-state index contributed by atoms with van der Waals surface area (Å²) in [4.78, 5) is 58.9. The van der Waals surface area contributed by atoms with Crippen molar-refractivity contribution in [1.29, 1.82) is 0 Å². The number of esters is 1. The predicted octanol–water partition coefficient (Wildman–Crippen LogP) is 8.57. The van der Waals surface area contributed by atoms with Gasteiger partial charge in [0.1, 0.15) is 30.8 Å². The number of phenols is 1. The van der Waals surface area contributed by atoms with Gasteiger partial charge in [-0.15, -0.1) is 0 Å². The number of hydrogen-bond donors (Lipinski definition) is 6. The maximum atomic E-state index is 13.8. The molecule has 2 unspecified atom stereocenters. The highest BCUT2D eigenvalue weighted by atomic mass is 16.6. The van der Waals surface area contributed by atoms with Crippen molar-refractivity contribution in [2.45, 2.75) is 82.4 Å². The number of aliphatic hydroxyl groups excluding tert-OH is 1. The molecule has 4 fully saturated rings. The molecule has 15 heteroatoms. The molecule has 10 rings (SSSR count). The molecule has 3 saturated heterocycles. The van der Waals surface area contributed by atoms with E-state index in [-0.39, 0.29) is 61.3 Å². The number of urea groups is 1. The van der Waals surface area contributed by atoms with E-state index in [1.807, 2.05) is 91.0 Å². The van der Waals surface area contributed by atoms with Crippen molar-refractivity contribution in [3.05, 3.63) is 171 Å². The van der Waals surface area contributed by atoms with Crippen molar-refractivity contribution in [2.24, 2.45) is 5.92 Å². The SMILES string of the molecule is O=C(N[C@@H](c1ccccc1)c1cccc(OCc2ccc(C(=O)OCCN(C(=O)Nc3ccc(CNCC(O)c4ccc(O)c5[nH]c(=O)ccc45)cc3)C3CCCCC3)cc2)c1)OC1CN2CCC1CC2. The smallest absolute Gasteiger partial charge is 0.408 e. The van der Waals surface area contributed by atoms with Crippen molar-refractivity contribution in [3.8, 4) is 11.5 Å². The van der Waals surface area contributed by atoms with E-state index in [4.69, 9.17) is 14.2 Å². The lowest BCUT2D eigenvalue weighted by Crippen LogP contribution is -2.52. The molecule has 4 aliphatic rings. The van der Waals surface area contributed by atoms with Gasteiger partial charge in [-0.3, -0.25) is 9.69 Å². The van der Waals surface area contributed by atoms with Crippen molar-refractivity contribution in [2.75, 3.05) is 44.6 Å². The Morgan fingerprint density at radius 2 is 1.55 bits per heavy atom. The van der Waals surface area contributed by atoms with Gasteiger partial charge >= 0.3 is 18.1 Å². The number of phenolic OH excluding ortho intramolecular Hbond substituents is 1. The van der Waals surface area contributed by atoms with E-state index in [0.29, 0.717) is 40.4 Å². The number of carbonyl (C=O) groups excluding carboxylic acids is 3. The number of ether oxygens (including phenoxy) is 3. The van der Waals surface area contributed by atoms with Gasteiger partial charge in [-0.25, -0.2) is 14.4 Å². The van der Waals surface area contributed by atoms with Crippen molar-refractivity contribution < 1.29 is 38.8 Å². The number of pyridine rings is 1. The number of aromatic nitrogens is 1. The number of rotatable bonds is 18. The highest BCUT2D eigenvalue weighted by Crippen LogP contribution is 2.32. The fourth-order valence-corrected chi connectivity index (χ4v) is 10.1. The number of aromatic hydroxyl groups is 1. The molecular weight excluding hydrogens is 901 g/mol. The second-order valence-corrected chi connectivity index (χ2v) is 18.8. The molecule has 5 aromatic carbocycles. The molecule has 0 radical (unpaired) electrons. The van der Waals surface area contributed by atoms with Gasteiger partial charge in [0.15, 0.2) is 0 Å². The third-order valence-corrected chi connectivity index (χ3v) is 14.0. The van der Waals surface area contributed by atoms with Crippen LogP contribution in [0.3, 0.4) is 0 Å². The summed E-state index contributed by atoms with van der Waals surface area (Å²) in [6.07, 6.45) is 5.61. The van der Waals surface area contributed by atoms with Crippen molar-refractivity contribution in [3.63, 3.8) is 0 Å². The molecule has 3 amide bonds. The Bertz CT molecular complexity index is 2810. The van der Waals surface area contributed by atoms with Crippen LogP contribution in [-0.2, 0) is 22.6 Å². The third kappa shape index (κ3) is 12.6. The van der Waals surface area contributed by atoms with Crippen LogP contribution in [0.15, 0.2) is 132 Å². The highest BCUT2D eigenvalue weighted by molar-refractivity contribution is 5.90. The summed E-state index contributed by atoms with van der Waals surface area (Å²) in [7, 11) is 0. The van der Waals surface area contributed by atoms with Gasteiger partial charge < -0.3 is 50.3 Å². The molecule has 15 nitrogen and oxygen atoms in total. The average Bonchev–Trinajstić information content (AvgIpc) is 3.40. The average molecular weight is 963 g/mol. The van der Waals surface area contributed by atoms with Crippen LogP contribution in [0.5, 0.6) is 11.5 Å². The Morgan fingerprint density at radius 3 is 2.30 bits per heavy atom. The van der Waals surface area contributed by atoms with Crippen molar-refractivity contribution >= 4 is 34.7 Å². The van der Waals surface area contributed by atoms with Crippen LogP contribution in [0, 0.1) is 5.92 Å². The van der Waals surface area contributed by atoms with E-state index < -0.39 is 24.2 Å². The van der Waals surface area contributed by atoms with Crippen LogP contribution in [0.1, 0.15) is 95.3 Å². The molecule has 1 aromatic heterocycles. The van der Waals surface area contributed by atoms with Gasteiger partial charge in [0.2, 0.25) is 5.56 Å². The van der Waals surface area contributed by atoms with Crippen LogP contribution >= 0.6 is 0 Å². The molecule has 6 aromatic rings. The number of alkyl carbamates (subject to hydrolysis) is 1. The van der Waals surface area contributed by atoms with E-state index >= 15 is 0 Å². The van der Waals surface area contributed by atoms with Gasteiger partial charge in [-0.2, -0.15) is 0 Å². The molecule has 3 atom stereocenters. The second-order valence-electron chi connectivity index (χ2n) is 18.8. The number of aliphatic hydroxyl groups is 1. The maximum absolute atomic E-state index is 13.8. The fourth-order valence-electron chi connectivity index (χ4n) is 10.1. The Labute approximate surface area is 413 Å². The maximum Gasteiger partial charge on any atom is 0.408 e. The minimum atomic E-state index is -0.890. The molecule has 2 bridgehead atoms. The number of fused-ring (bicyclic) bond motifs is 4. The number of aromatic amines is 1. The van der Waals surface area contributed by atoms with Gasteiger partial charge in [0.05, 0.1) is 29.8 Å². The summed E-state index contributed by atoms with van der Waals surface area (Å²) in [5.74, 6) is 0.491. The first-order valence-corrected chi connectivity index (χ1v) is 24.8. The summed E-state index contributed by atoms with van der Waals surface area (Å²) < 4.78 is 17.9. The van der Waals surface area contributed by atoms with Crippen LogP contribution < -0.4 is 26.2 Å². The zero-order chi connectivity index (χ0) is 49.1. The lowest BCUT2D eigenvalue weighted by molar-refractivity contribution is -0.0336. The number of nitrogens with one attached hydrogen (secondary N) is 4. The molecule has 1 aliphatic carbocycles. The number of carbonyl (C=O) groups is 3. The minimum absolute atomic E-state index is 0.0279. The number of anilines is 1. The summed E-state index contributed by atoms with van der Waals surface area (Å²) >= 11 is 0. The van der Waals surface area contributed by atoms with Gasteiger partial charge in [-0.05, 0) is 121 Å². The number of nitrogens with zero attached hydrogens (tertiary/aromatic N) is 2. The topological polar surface area (TPSA) is 195 Å². The molecule has 3 aliphatic heterocycles. The van der Waals surface area contributed by atoms with Gasteiger partial charge in [0.25, 0.3) is 0 Å². The summed E-state index contributed by atoms with van der Waals surface area (Å²) in [6, 6.07) is 37.4. The quantitative estimate of drug-likeness (QED) is 0.0452. The van der Waals surface area contributed by atoms with Crippen LogP contribution in [0.25, 0.3) is 10.9 Å². The zero-order valence-corrected chi connectivity index (χ0v) is 39.8.